The summed E-state index contributed by atoms with van der Waals surface area (Å²) < 4.78 is 4.96. The molecule has 0 radical (unpaired) electrons. The van der Waals surface area contributed by atoms with E-state index in [-0.39, 0.29) is 18.6 Å². The lowest BCUT2D eigenvalue weighted by molar-refractivity contribution is -0.128. The maximum absolute atomic E-state index is 11.4. The molecule has 0 bridgehead atoms. The number of likely N-dealkylation sites (tertiary alicyclic amines) is 1. The first-order valence-electron chi connectivity index (χ1n) is 4.95. The van der Waals surface area contributed by atoms with E-state index in [1.165, 1.54) is 0 Å². The van der Waals surface area contributed by atoms with Gasteiger partial charge in [0.1, 0.15) is 6.61 Å². The molecule has 1 fully saturated rings. The van der Waals surface area contributed by atoms with Gasteiger partial charge in [0.05, 0.1) is 12.6 Å². The maximum atomic E-state index is 11.4. The van der Waals surface area contributed by atoms with Gasteiger partial charge in [0.2, 0.25) is 11.8 Å². The second kappa shape index (κ2) is 5.67. The van der Waals surface area contributed by atoms with Gasteiger partial charge in [-0.15, -0.1) is 0 Å². The van der Waals surface area contributed by atoms with Crippen LogP contribution < -0.4 is 11.1 Å². The zero-order chi connectivity index (χ0) is 11.3. The Balaban J connectivity index is 2.06. The molecule has 6 nitrogen and oxygen atoms in total. The third-order valence-corrected chi connectivity index (χ3v) is 2.31. The molecular weight excluding hydrogens is 198 g/mol. The Labute approximate surface area is 88.7 Å². The number of primary amides is 1. The third kappa shape index (κ3) is 3.85. The average molecular weight is 215 g/mol. The van der Waals surface area contributed by atoms with Gasteiger partial charge in [-0.1, -0.05) is 0 Å². The number of hydrogen-bond acceptors (Lipinski definition) is 4. The third-order valence-electron chi connectivity index (χ3n) is 2.31. The number of carbonyl (C=O) groups excluding carboxylic acids is 2. The van der Waals surface area contributed by atoms with E-state index in [4.69, 9.17) is 10.5 Å². The first-order valence-corrected chi connectivity index (χ1v) is 4.95. The van der Waals surface area contributed by atoms with Gasteiger partial charge in [0.15, 0.2) is 0 Å². The summed E-state index contributed by atoms with van der Waals surface area (Å²) in [4.78, 5) is 23.5. The molecular formula is C9H17N3O3. The van der Waals surface area contributed by atoms with Crippen molar-refractivity contribution in [2.24, 2.45) is 5.73 Å². The second-order valence-electron chi connectivity index (χ2n) is 3.57. The van der Waals surface area contributed by atoms with Crippen LogP contribution in [-0.2, 0) is 14.3 Å². The van der Waals surface area contributed by atoms with Gasteiger partial charge in [-0.2, -0.15) is 0 Å². The van der Waals surface area contributed by atoms with E-state index in [1.54, 1.807) is 11.9 Å². The van der Waals surface area contributed by atoms with E-state index in [9.17, 15) is 9.59 Å². The molecule has 0 spiro atoms. The summed E-state index contributed by atoms with van der Waals surface area (Å²) >= 11 is 0. The molecule has 2 amide bonds. The lowest BCUT2D eigenvalue weighted by Crippen LogP contribution is -2.38. The molecule has 1 unspecified atom stereocenters. The van der Waals surface area contributed by atoms with E-state index >= 15 is 0 Å². The van der Waals surface area contributed by atoms with Crippen LogP contribution in [0.3, 0.4) is 0 Å². The number of nitrogens with one attached hydrogen (secondary N) is 1. The summed E-state index contributed by atoms with van der Waals surface area (Å²) in [5, 5.41) is 3.07. The molecule has 0 aromatic rings. The van der Waals surface area contributed by atoms with Gasteiger partial charge in [-0.3, -0.25) is 9.59 Å². The second-order valence-corrected chi connectivity index (χ2v) is 3.57. The zero-order valence-corrected chi connectivity index (χ0v) is 8.86. The number of hydrogen-bond donors (Lipinski definition) is 2. The standard InChI is InChI=1S/C9H17N3O3/c1-12-4-2-7(9(12)14)11-3-5-15-6-8(10)13/h7,11H,2-6H2,1H3,(H2,10,13). The smallest absolute Gasteiger partial charge is 0.243 e. The molecule has 1 atom stereocenters. The Bertz CT molecular complexity index is 245. The number of carbonyl (C=O) groups is 2. The highest BCUT2D eigenvalue weighted by molar-refractivity contribution is 5.83. The highest BCUT2D eigenvalue weighted by Gasteiger charge is 2.27. The van der Waals surface area contributed by atoms with Crippen molar-refractivity contribution in [1.82, 2.24) is 10.2 Å². The van der Waals surface area contributed by atoms with E-state index in [0.29, 0.717) is 13.2 Å². The molecule has 1 aliphatic heterocycles. The van der Waals surface area contributed by atoms with Crippen LogP contribution in [-0.4, -0.2) is 56.1 Å². The first kappa shape index (κ1) is 11.9. The molecule has 0 aromatic carbocycles. The largest absolute Gasteiger partial charge is 0.370 e. The van der Waals surface area contributed by atoms with Gasteiger partial charge in [0, 0.05) is 20.1 Å². The van der Waals surface area contributed by atoms with Gasteiger partial charge in [-0.05, 0) is 6.42 Å². The van der Waals surface area contributed by atoms with Crippen LogP contribution in [0.2, 0.25) is 0 Å². The Morgan fingerprint density at radius 1 is 1.73 bits per heavy atom. The highest BCUT2D eigenvalue weighted by Crippen LogP contribution is 2.07. The van der Waals surface area contributed by atoms with Crippen molar-refractivity contribution < 1.29 is 14.3 Å². The van der Waals surface area contributed by atoms with Crippen molar-refractivity contribution in [2.45, 2.75) is 12.5 Å². The minimum atomic E-state index is -0.480. The van der Waals surface area contributed by atoms with Crippen molar-refractivity contribution in [2.75, 3.05) is 33.4 Å². The number of ether oxygens (including phenoxy) is 1. The van der Waals surface area contributed by atoms with Crippen LogP contribution in [0.25, 0.3) is 0 Å². The van der Waals surface area contributed by atoms with Crippen molar-refractivity contribution >= 4 is 11.8 Å². The Morgan fingerprint density at radius 2 is 2.47 bits per heavy atom. The molecule has 86 valence electrons. The predicted molar refractivity (Wildman–Crippen MR) is 54.1 cm³/mol. The monoisotopic (exact) mass is 215 g/mol. The summed E-state index contributed by atoms with van der Waals surface area (Å²) in [6, 6.07) is -0.104. The van der Waals surface area contributed by atoms with Gasteiger partial charge < -0.3 is 20.7 Å². The van der Waals surface area contributed by atoms with E-state index in [0.717, 1.165) is 13.0 Å². The Morgan fingerprint density at radius 3 is 3.00 bits per heavy atom. The number of rotatable bonds is 6. The fourth-order valence-corrected chi connectivity index (χ4v) is 1.49. The van der Waals surface area contributed by atoms with Crippen LogP contribution in [0.15, 0.2) is 0 Å². The quantitative estimate of drug-likeness (QED) is 0.518. The van der Waals surface area contributed by atoms with Crippen molar-refractivity contribution in [3.63, 3.8) is 0 Å². The number of likely N-dealkylation sites (N-methyl/N-ethyl adjacent to an activating group) is 1. The van der Waals surface area contributed by atoms with Gasteiger partial charge >= 0.3 is 0 Å². The molecule has 0 saturated carbocycles. The summed E-state index contributed by atoms with van der Waals surface area (Å²) in [6.07, 6.45) is 0.825. The highest BCUT2D eigenvalue weighted by atomic mass is 16.5. The molecule has 3 N–H and O–H groups in total. The molecule has 6 heteroatoms. The fourth-order valence-electron chi connectivity index (χ4n) is 1.49. The molecule has 1 saturated heterocycles. The van der Waals surface area contributed by atoms with Gasteiger partial charge in [0.25, 0.3) is 0 Å². The van der Waals surface area contributed by atoms with Gasteiger partial charge in [-0.25, -0.2) is 0 Å². The van der Waals surface area contributed by atoms with E-state index in [2.05, 4.69) is 5.32 Å². The van der Waals surface area contributed by atoms with Crippen molar-refractivity contribution in [1.29, 1.82) is 0 Å². The Hall–Kier alpha value is -1.14. The lowest BCUT2D eigenvalue weighted by atomic mass is 10.2. The first-order chi connectivity index (χ1) is 7.11. The summed E-state index contributed by atoms with van der Waals surface area (Å²) in [5.41, 5.74) is 4.89. The normalized spacial score (nSPS) is 21.0. The Kier molecular flexibility index (Phi) is 4.51. The van der Waals surface area contributed by atoms with Crippen molar-refractivity contribution in [3.05, 3.63) is 0 Å². The summed E-state index contributed by atoms with van der Waals surface area (Å²) in [5.74, 6) is -0.364. The molecule has 1 rings (SSSR count). The van der Waals surface area contributed by atoms with Crippen LogP contribution in [0, 0.1) is 0 Å². The molecule has 0 aliphatic carbocycles. The molecule has 15 heavy (non-hydrogen) atoms. The fraction of sp³-hybridized carbons (Fsp3) is 0.778. The van der Waals surface area contributed by atoms with Crippen LogP contribution in [0.5, 0.6) is 0 Å². The van der Waals surface area contributed by atoms with E-state index in [1.807, 2.05) is 0 Å². The zero-order valence-electron chi connectivity index (χ0n) is 8.86. The van der Waals surface area contributed by atoms with E-state index < -0.39 is 5.91 Å². The topological polar surface area (TPSA) is 84.7 Å². The number of nitrogens with two attached hydrogens (primary N) is 1. The lowest BCUT2D eigenvalue weighted by Gasteiger charge is -2.11. The summed E-state index contributed by atoms with van der Waals surface area (Å²) in [7, 11) is 1.79. The summed E-state index contributed by atoms with van der Waals surface area (Å²) in [6.45, 7) is 1.66. The number of nitrogens with zero attached hydrogens (tertiary/aromatic N) is 1. The van der Waals surface area contributed by atoms with Crippen LogP contribution >= 0.6 is 0 Å². The van der Waals surface area contributed by atoms with Crippen molar-refractivity contribution in [3.8, 4) is 0 Å². The molecule has 0 aromatic heterocycles. The minimum absolute atomic E-state index is 0.0693. The average Bonchev–Trinajstić information content (AvgIpc) is 2.48. The molecule has 1 aliphatic rings. The van der Waals surface area contributed by atoms with Crippen LogP contribution in [0.1, 0.15) is 6.42 Å². The maximum Gasteiger partial charge on any atom is 0.243 e. The minimum Gasteiger partial charge on any atom is -0.370 e. The predicted octanol–water partition coefficient (Wildman–Crippen LogP) is -1.69. The van der Waals surface area contributed by atoms with Crippen LogP contribution in [0.4, 0.5) is 0 Å². The number of amides is 2. The molecule has 1 heterocycles. The SMILES string of the molecule is CN1CCC(NCCOCC(N)=O)C1=O.